The first-order chi connectivity index (χ1) is 16.5. The SMILES string of the molecule is CCOC(c1ccc(-c2ccccc2-c2nc(=O)o[nH]2)cc1)c1nc2cccc(C(=O)O)c2[nH]1. The summed E-state index contributed by atoms with van der Waals surface area (Å²) >= 11 is 0. The van der Waals surface area contributed by atoms with Gasteiger partial charge in [0.15, 0.2) is 5.82 Å². The van der Waals surface area contributed by atoms with E-state index in [9.17, 15) is 14.7 Å². The summed E-state index contributed by atoms with van der Waals surface area (Å²) < 4.78 is 10.7. The Morgan fingerprint density at radius 1 is 1.03 bits per heavy atom. The van der Waals surface area contributed by atoms with E-state index in [1.165, 1.54) is 6.07 Å². The quantitative estimate of drug-likeness (QED) is 0.330. The number of hydrogen-bond donors (Lipinski definition) is 3. The number of nitrogens with zero attached hydrogens (tertiary/aromatic N) is 2. The second kappa shape index (κ2) is 8.80. The van der Waals surface area contributed by atoms with Crippen LogP contribution in [0, 0.1) is 0 Å². The number of aromatic nitrogens is 4. The molecule has 170 valence electrons. The number of para-hydroxylation sites is 1. The molecule has 0 bridgehead atoms. The highest BCUT2D eigenvalue weighted by molar-refractivity contribution is 6.00. The van der Waals surface area contributed by atoms with E-state index in [4.69, 9.17) is 9.26 Å². The maximum absolute atomic E-state index is 11.6. The Hall–Kier alpha value is -4.50. The van der Waals surface area contributed by atoms with Crippen molar-refractivity contribution in [3.63, 3.8) is 0 Å². The molecule has 1 atom stereocenters. The van der Waals surface area contributed by atoms with Crippen molar-refractivity contribution in [2.24, 2.45) is 0 Å². The van der Waals surface area contributed by atoms with E-state index in [0.29, 0.717) is 29.3 Å². The molecular weight excluding hydrogens is 436 g/mol. The number of imidazole rings is 1. The van der Waals surface area contributed by atoms with Crippen LogP contribution in [-0.2, 0) is 4.74 Å². The molecule has 34 heavy (non-hydrogen) atoms. The molecule has 5 rings (SSSR count). The Labute approximate surface area is 193 Å². The zero-order chi connectivity index (χ0) is 23.7. The third-order valence-corrected chi connectivity index (χ3v) is 5.49. The minimum atomic E-state index is -1.02. The van der Waals surface area contributed by atoms with Crippen molar-refractivity contribution in [1.82, 2.24) is 20.1 Å². The highest BCUT2D eigenvalue weighted by atomic mass is 16.5. The Morgan fingerprint density at radius 2 is 1.79 bits per heavy atom. The second-order valence-corrected chi connectivity index (χ2v) is 7.56. The number of fused-ring (bicyclic) bond motifs is 1. The zero-order valence-corrected chi connectivity index (χ0v) is 18.1. The number of H-pyrrole nitrogens is 2. The number of ether oxygens (including phenoxy) is 1. The van der Waals surface area contributed by atoms with Crippen LogP contribution in [-0.4, -0.2) is 37.8 Å². The van der Waals surface area contributed by atoms with Crippen LogP contribution in [0.4, 0.5) is 0 Å². The van der Waals surface area contributed by atoms with Crippen molar-refractivity contribution < 1.29 is 19.2 Å². The maximum Gasteiger partial charge on any atom is 0.460 e. The van der Waals surface area contributed by atoms with Gasteiger partial charge >= 0.3 is 11.7 Å². The van der Waals surface area contributed by atoms with Crippen molar-refractivity contribution in [2.45, 2.75) is 13.0 Å². The van der Waals surface area contributed by atoms with Crippen LogP contribution < -0.4 is 5.76 Å². The van der Waals surface area contributed by atoms with E-state index in [1.54, 1.807) is 12.1 Å². The summed E-state index contributed by atoms with van der Waals surface area (Å²) in [4.78, 5) is 34.6. The molecule has 0 amide bonds. The number of hydrogen-bond acceptors (Lipinski definition) is 6. The van der Waals surface area contributed by atoms with Gasteiger partial charge in [-0.1, -0.05) is 54.6 Å². The number of benzene rings is 3. The first kappa shape index (κ1) is 21.4. The number of carbonyl (C=O) groups is 1. The van der Waals surface area contributed by atoms with Crippen LogP contribution in [0.1, 0.15) is 34.8 Å². The van der Waals surface area contributed by atoms with E-state index < -0.39 is 17.8 Å². The lowest BCUT2D eigenvalue weighted by atomic mass is 9.97. The molecule has 0 spiro atoms. The fourth-order valence-electron chi connectivity index (χ4n) is 3.98. The van der Waals surface area contributed by atoms with Crippen molar-refractivity contribution in [1.29, 1.82) is 0 Å². The van der Waals surface area contributed by atoms with E-state index >= 15 is 0 Å². The summed E-state index contributed by atoms with van der Waals surface area (Å²) in [5.74, 6) is -0.825. The van der Waals surface area contributed by atoms with E-state index in [2.05, 4.69) is 20.1 Å². The van der Waals surface area contributed by atoms with Gasteiger partial charge in [-0.25, -0.2) is 14.6 Å². The molecule has 3 aromatic carbocycles. The minimum Gasteiger partial charge on any atom is -0.478 e. The van der Waals surface area contributed by atoms with Crippen LogP contribution in [0.25, 0.3) is 33.5 Å². The average Bonchev–Trinajstić information content (AvgIpc) is 3.48. The molecule has 0 aliphatic rings. The lowest BCUT2D eigenvalue weighted by molar-refractivity contribution is 0.0698. The molecule has 9 heteroatoms. The molecule has 2 heterocycles. The first-order valence-corrected chi connectivity index (χ1v) is 10.6. The normalized spacial score (nSPS) is 12.1. The number of nitrogens with one attached hydrogen (secondary N) is 2. The van der Waals surface area contributed by atoms with Crippen LogP contribution in [0.5, 0.6) is 0 Å². The zero-order valence-electron chi connectivity index (χ0n) is 18.1. The Kier molecular flexibility index (Phi) is 5.52. The monoisotopic (exact) mass is 456 g/mol. The number of aromatic amines is 2. The second-order valence-electron chi connectivity index (χ2n) is 7.56. The van der Waals surface area contributed by atoms with Crippen LogP contribution in [0.15, 0.2) is 76.0 Å². The van der Waals surface area contributed by atoms with Crippen molar-refractivity contribution in [3.8, 4) is 22.5 Å². The van der Waals surface area contributed by atoms with Gasteiger partial charge in [0.25, 0.3) is 0 Å². The van der Waals surface area contributed by atoms with Gasteiger partial charge in [0.2, 0.25) is 0 Å². The molecule has 1 unspecified atom stereocenters. The fraction of sp³-hybridized carbons (Fsp3) is 0.120. The average molecular weight is 456 g/mol. The number of carboxylic acids is 1. The predicted octanol–water partition coefficient (Wildman–Crippen LogP) is 4.40. The maximum atomic E-state index is 11.6. The van der Waals surface area contributed by atoms with E-state index in [1.807, 2.05) is 55.5 Å². The largest absolute Gasteiger partial charge is 0.478 e. The Balaban J connectivity index is 1.52. The van der Waals surface area contributed by atoms with E-state index in [0.717, 1.165) is 22.3 Å². The Morgan fingerprint density at radius 3 is 2.47 bits per heavy atom. The molecule has 0 aliphatic heterocycles. The van der Waals surface area contributed by atoms with Gasteiger partial charge in [-0.3, -0.25) is 0 Å². The third kappa shape index (κ3) is 3.89. The summed E-state index contributed by atoms with van der Waals surface area (Å²) in [6, 6.07) is 20.3. The molecule has 0 fully saturated rings. The minimum absolute atomic E-state index is 0.157. The topological polar surface area (TPSA) is 134 Å². The molecule has 0 radical (unpaired) electrons. The molecule has 5 aromatic rings. The van der Waals surface area contributed by atoms with Gasteiger partial charge in [0, 0.05) is 12.2 Å². The molecule has 9 nitrogen and oxygen atoms in total. The molecule has 0 saturated heterocycles. The van der Waals surface area contributed by atoms with Gasteiger partial charge in [-0.15, -0.1) is 0 Å². The summed E-state index contributed by atoms with van der Waals surface area (Å²) in [5.41, 5.74) is 4.56. The summed E-state index contributed by atoms with van der Waals surface area (Å²) in [6.45, 7) is 2.33. The molecular formula is C25H20N4O5. The van der Waals surface area contributed by atoms with Crippen molar-refractivity contribution >= 4 is 17.0 Å². The van der Waals surface area contributed by atoms with Gasteiger partial charge in [-0.05, 0) is 35.7 Å². The summed E-state index contributed by atoms with van der Waals surface area (Å²) in [5, 5.41) is 12.0. The summed E-state index contributed by atoms with van der Waals surface area (Å²) in [6.07, 6.45) is -0.504. The molecule has 3 N–H and O–H groups in total. The van der Waals surface area contributed by atoms with Crippen LogP contribution >= 0.6 is 0 Å². The van der Waals surface area contributed by atoms with Gasteiger partial charge in [0.05, 0.1) is 16.6 Å². The highest BCUT2D eigenvalue weighted by Crippen LogP contribution is 2.32. The lowest BCUT2D eigenvalue weighted by Gasteiger charge is -2.16. The third-order valence-electron chi connectivity index (χ3n) is 5.49. The predicted molar refractivity (Wildman–Crippen MR) is 125 cm³/mol. The van der Waals surface area contributed by atoms with E-state index in [-0.39, 0.29) is 5.56 Å². The molecule has 2 aromatic heterocycles. The first-order valence-electron chi connectivity index (χ1n) is 10.6. The fourth-order valence-corrected chi connectivity index (χ4v) is 3.98. The standard InChI is InChI=1S/C25H20N4O5/c1-2-33-21(23-26-19-9-5-8-18(24(30)31)20(19)27-23)15-12-10-14(11-13-15)16-6-3-4-7-17(16)22-28-25(32)34-29-22/h3-13,21H,2H2,1H3,(H,26,27)(H,30,31)(H,28,29,32). The highest BCUT2D eigenvalue weighted by Gasteiger charge is 2.21. The van der Waals surface area contributed by atoms with Crippen molar-refractivity contribution in [2.75, 3.05) is 6.61 Å². The summed E-state index contributed by atoms with van der Waals surface area (Å²) in [7, 11) is 0. The van der Waals surface area contributed by atoms with Gasteiger partial charge in [0.1, 0.15) is 11.9 Å². The van der Waals surface area contributed by atoms with Crippen LogP contribution in [0.2, 0.25) is 0 Å². The smallest absolute Gasteiger partial charge is 0.460 e. The molecule has 0 aliphatic carbocycles. The number of aromatic carboxylic acids is 1. The molecule has 0 saturated carbocycles. The Bertz CT molecular complexity index is 1530. The number of carboxylic acid groups (broad SMARTS) is 1. The van der Waals surface area contributed by atoms with Crippen molar-refractivity contribution in [3.05, 3.63) is 94.2 Å². The van der Waals surface area contributed by atoms with Crippen LogP contribution in [0.3, 0.4) is 0 Å². The van der Waals surface area contributed by atoms with Gasteiger partial charge in [-0.2, -0.15) is 10.1 Å². The lowest BCUT2D eigenvalue weighted by Crippen LogP contribution is -2.08. The van der Waals surface area contributed by atoms with Gasteiger partial charge < -0.3 is 19.4 Å². The number of rotatable bonds is 7.